The summed E-state index contributed by atoms with van der Waals surface area (Å²) >= 11 is 0. The van der Waals surface area contributed by atoms with Crippen LogP contribution in [0.1, 0.15) is 26.2 Å². The van der Waals surface area contributed by atoms with Crippen molar-refractivity contribution in [1.82, 2.24) is 13.9 Å². The highest BCUT2D eigenvalue weighted by Gasteiger charge is 2.33. The molecule has 0 spiro atoms. The van der Waals surface area contributed by atoms with Crippen molar-refractivity contribution in [1.29, 1.82) is 0 Å². The second kappa shape index (κ2) is 5.65. The van der Waals surface area contributed by atoms with E-state index in [1.807, 2.05) is 6.92 Å². The minimum Gasteiger partial charge on any atom is -0.315 e. The van der Waals surface area contributed by atoms with Crippen molar-refractivity contribution in [3.63, 3.8) is 0 Å². The first-order valence-corrected chi connectivity index (χ1v) is 8.00. The summed E-state index contributed by atoms with van der Waals surface area (Å²) in [6.45, 7) is 6.16. The second-order valence-electron chi connectivity index (χ2n) is 4.90. The number of nitrogens with one attached hydrogen (secondary N) is 1. The molecule has 0 bridgehead atoms. The molecule has 5 nitrogen and oxygen atoms in total. The van der Waals surface area contributed by atoms with Crippen LogP contribution in [-0.2, 0) is 10.2 Å². The lowest BCUT2D eigenvalue weighted by molar-refractivity contribution is 0.343. The number of nitrogens with zero attached hydrogens (tertiary/aromatic N) is 2. The Morgan fingerprint density at radius 2 is 2.06 bits per heavy atom. The van der Waals surface area contributed by atoms with Crippen LogP contribution in [0, 0.1) is 5.92 Å². The van der Waals surface area contributed by atoms with Crippen molar-refractivity contribution < 1.29 is 8.42 Å². The minimum atomic E-state index is -3.23. The van der Waals surface area contributed by atoms with E-state index >= 15 is 0 Å². The van der Waals surface area contributed by atoms with Gasteiger partial charge in [-0.25, -0.2) is 0 Å². The summed E-state index contributed by atoms with van der Waals surface area (Å²) in [5, 5.41) is 3.23. The van der Waals surface area contributed by atoms with Crippen LogP contribution in [0.3, 0.4) is 0 Å². The highest BCUT2D eigenvalue weighted by Crippen LogP contribution is 2.30. The van der Waals surface area contributed by atoms with Gasteiger partial charge in [0.15, 0.2) is 0 Å². The highest BCUT2D eigenvalue weighted by molar-refractivity contribution is 7.86. The van der Waals surface area contributed by atoms with Crippen LogP contribution in [-0.4, -0.2) is 56.3 Å². The second-order valence-corrected chi connectivity index (χ2v) is 6.83. The molecule has 1 heterocycles. The predicted molar refractivity (Wildman–Crippen MR) is 68.0 cm³/mol. The molecule has 0 unspecified atom stereocenters. The van der Waals surface area contributed by atoms with Gasteiger partial charge in [-0.15, -0.1) is 0 Å². The van der Waals surface area contributed by atoms with Crippen molar-refractivity contribution >= 4 is 10.2 Å². The quantitative estimate of drug-likeness (QED) is 0.772. The Morgan fingerprint density at radius 3 is 2.71 bits per heavy atom. The molecule has 0 aromatic carbocycles. The lowest BCUT2D eigenvalue weighted by Crippen LogP contribution is -2.45. The summed E-state index contributed by atoms with van der Waals surface area (Å²) in [5.74, 6) is 0.606. The third-order valence-electron chi connectivity index (χ3n) is 3.46. The maximum absolute atomic E-state index is 12.5. The summed E-state index contributed by atoms with van der Waals surface area (Å²) in [7, 11) is -3.23. The normalized spacial score (nSPS) is 23.9. The largest absolute Gasteiger partial charge is 0.315 e. The van der Waals surface area contributed by atoms with Crippen molar-refractivity contribution in [2.24, 2.45) is 5.92 Å². The number of hydrogen-bond acceptors (Lipinski definition) is 3. The molecule has 0 aromatic rings. The average molecular weight is 261 g/mol. The van der Waals surface area contributed by atoms with Gasteiger partial charge < -0.3 is 5.32 Å². The Bertz CT molecular complexity index is 325. The molecule has 1 aliphatic heterocycles. The van der Waals surface area contributed by atoms with Crippen LogP contribution in [0.2, 0.25) is 0 Å². The van der Waals surface area contributed by atoms with E-state index in [0.29, 0.717) is 32.1 Å². The van der Waals surface area contributed by atoms with E-state index in [-0.39, 0.29) is 0 Å². The van der Waals surface area contributed by atoms with E-state index in [4.69, 9.17) is 0 Å². The molecule has 0 atom stereocenters. The van der Waals surface area contributed by atoms with Gasteiger partial charge in [-0.1, -0.05) is 6.92 Å². The highest BCUT2D eigenvalue weighted by atomic mass is 32.2. The van der Waals surface area contributed by atoms with Crippen LogP contribution in [0.4, 0.5) is 0 Å². The zero-order valence-electron chi connectivity index (χ0n) is 10.6. The molecule has 0 amide bonds. The van der Waals surface area contributed by atoms with E-state index in [2.05, 4.69) is 5.32 Å². The molecule has 17 heavy (non-hydrogen) atoms. The van der Waals surface area contributed by atoms with E-state index in [1.165, 1.54) is 12.8 Å². The SMILES string of the molecule is CCN(CC1CC1)S(=O)(=O)N1CCCNCC1. The molecule has 1 saturated carbocycles. The maximum Gasteiger partial charge on any atom is 0.282 e. The van der Waals surface area contributed by atoms with Crippen LogP contribution in [0.5, 0.6) is 0 Å². The van der Waals surface area contributed by atoms with Crippen molar-refractivity contribution in [2.75, 3.05) is 39.3 Å². The lowest BCUT2D eigenvalue weighted by atomic mass is 10.4. The number of hydrogen-bond donors (Lipinski definition) is 1. The molecule has 2 fully saturated rings. The predicted octanol–water partition coefficient (Wildman–Crippen LogP) is 0.258. The fraction of sp³-hybridized carbons (Fsp3) is 1.00. The smallest absolute Gasteiger partial charge is 0.282 e. The Balaban J connectivity index is 2.02. The van der Waals surface area contributed by atoms with Gasteiger partial charge in [-0.2, -0.15) is 17.0 Å². The first-order chi connectivity index (χ1) is 8.14. The third-order valence-corrected chi connectivity index (χ3v) is 5.54. The van der Waals surface area contributed by atoms with Crippen LogP contribution < -0.4 is 5.32 Å². The summed E-state index contributed by atoms with van der Waals surface area (Å²) in [4.78, 5) is 0. The van der Waals surface area contributed by atoms with E-state index in [0.717, 1.165) is 19.5 Å². The molecular weight excluding hydrogens is 238 g/mol. The summed E-state index contributed by atoms with van der Waals surface area (Å²) in [6, 6.07) is 0. The van der Waals surface area contributed by atoms with Gasteiger partial charge in [0, 0.05) is 32.7 Å². The number of rotatable bonds is 5. The molecule has 0 aromatic heterocycles. The van der Waals surface area contributed by atoms with Gasteiger partial charge in [0.05, 0.1) is 0 Å². The molecule has 100 valence electrons. The third kappa shape index (κ3) is 3.40. The Labute approximate surface area is 104 Å². The van der Waals surface area contributed by atoms with Crippen LogP contribution in [0.15, 0.2) is 0 Å². The van der Waals surface area contributed by atoms with Gasteiger partial charge in [0.25, 0.3) is 10.2 Å². The Hall–Kier alpha value is -0.170. The lowest BCUT2D eigenvalue weighted by Gasteiger charge is -2.28. The molecular formula is C11H23N3O2S. The van der Waals surface area contributed by atoms with Gasteiger partial charge in [0.2, 0.25) is 0 Å². The molecule has 0 radical (unpaired) electrons. The van der Waals surface area contributed by atoms with E-state index < -0.39 is 10.2 Å². The van der Waals surface area contributed by atoms with Gasteiger partial charge in [0.1, 0.15) is 0 Å². The summed E-state index contributed by atoms with van der Waals surface area (Å²) < 4.78 is 28.2. The fourth-order valence-electron chi connectivity index (χ4n) is 2.19. The summed E-state index contributed by atoms with van der Waals surface area (Å²) in [6.07, 6.45) is 3.28. The first-order valence-electron chi connectivity index (χ1n) is 6.60. The zero-order chi connectivity index (χ0) is 12.3. The molecule has 2 aliphatic rings. The van der Waals surface area contributed by atoms with E-state index in [9.17, 15) is 8.42 Å². The molecule has 1 N–H and O–H groups in total. The summed E-state index contributed by atoms with van der Waals surface area (Å²) in [5.41, 5.74) is 0. The zero-order valence-corrected chi connectivity index (χ0v) is 11.4. The van der Waals surface area contributed by atoms with Crippen molar-refractivity contribution in [2.45, 2.75) is 26.2 Å². The Morgan fingerprint density at radius 1 is 1.29 bits per heavy atom. The Kier molecular flexibility index (Phi) is 4.41. The van der Waals surface area contributed by atoms with Gasteiger partial charge in [-0.05, 0) is 31.7 Å². The van der Waals surface area contributed by atoms with Gasteiger partial charge >= 0.3 is 0 Å². The van der Waals surface area contributed by atoms with Crippen molar-refractivity contribution in [3.8, 4) is 0 Å². The fourth-order valence-corrected chi connectivity index (χ4v) is 3.92. The molecule has 1 aliphatic carbocycles. The standard InChI is InChI=1S/C11H23N3O2S/c1-2-13(10-11-4-5-11)17(15,16)14-8-3-6-12-7-9-14/h11-12H,2-10H2,1H3. The van der Waals surface area contributed by atoms with Crippen LogP contribution >= 0.6 is 0 Å². The maximum atomic E-state index is 12.5. The van der Waals surface area contributed by atoms with Crippen molar-refractivity contribution in [3.05, 3.63) is 0 Å². The van der Waals surface area contributed by atoms with E-state index in [1.54, 1.807) is 8.61 Å². The van der Waals surface area contributed by atoms with Crippen LogP contribution in [0.25, 0.3) is 0 Å². The minimum absolute atomic E-state index is 0.586. The first kappa shape index (κ1) is 13.3. The topological polar surface area (TPSA) is 52.7 Å². The van der Waals surface area contributed by atoms with Gasteiger partial charge in [-0.3, -0.25) is 0 Å². The monoisotopic (exact) mass is 261 g/mol. The average Bonchev–Trinajstić information content (AvgIpc) is 3.12. The molecule has 2 rings (SSSR count). The molecule has 6 heteroatoms. The molecule has 1 saturated heterocycles.